The van der Waals surface area contributed by atoms with Gasteiger partial charge in [-0.1, -0.05) is 66.2 Å². The average molecular weight is 355 g/mol. The predicted molar refractivity (Wildman–Crippen MR) is 103 cm³/mol. The van der Waals surface area contributed by atoms with Gasteiger partial charge in [-0.3, -0.25) is 9.69 Å². The van der Waals surface area contributed by atoms with Crippen molar-refractivity contribution >= 4 is 23.6 Å². The molecule has 1 heterocycles. The zero-order valence-corrected chi connectivity index (χ0v) is 15.0. The topological polar surface area (TPSA) is 32.3 Å². The summed E-state index contributed by atoms with van der Waals surface area (Å²) in [5.41, 5.74) is 2.37. The number of hydrogen-bond acceptors (Lipinski definition) is 2. The monoisotopic (exact) mass is 354 g/mol. The minimum Gasteiger partial charge on any atom is -0.352 e. The van der Waals surface area contributed by atoms with E-state index in [1.807, 2.05) is 54.6 Å². The van der Waals surface area contributed by atoms with Crippen molar-refractivity contribution in [1.82, 2.24) is 10.2 Å². The van der Waals surface area contributed by atoms with Crippen molar-refractivity contribution in [2.75, 3.05) is 13.1 Å². The van der Waals surface area contributed by atoms with Gasteiger partial charge in [0.2, 0.25) is 5.91 Å². The molecule has 1 saturated heterocycles. The Bertz CT molecular complexity index is 712. The zero-order chi connectivity index (χ0) is 17.5. The van der Waals surface area contributed by atoms with E-state index in [0.717, 1.165) is 36.6 Å². The summed E-state index contributed by atoms with van der Waals surface area (Å²) >= 11 is 5.92. The number of nitrogens with one attached hydrogen (secondary N) is 1. The molecule has 0 unspecified atom stereocenters. The summed E-state index contributed by atoms with van der Waals surface area (Å²) in [6.45, 7) is 2.81. The maximum atomic E-state index is 12.1. The largest absolute Gasteiger partial charge is 0.352 e. The minimum absolute atomic E-state index is 0.0884. The van der Waals surface area contributed by atoms with E-state index in [4.69, 9.17) is 11.6 Å². The van der Waals surface area contributed by atoms with Crippen LogP contribution in [0.25, 0.3) is 6.08 Å². The zero-order valence-electron chi connectivity index (χ0n) is 14.2. The summed E-state index contributed by atoms with van der Waals surface area (Å²) in [6.07, 6.45) is 5.33. The summed E-state index contributed by atoms with van der Waals surface area (Å²) in [5, 5.41) is 3.90. The first-order valence-corrected chi connectivity index (χ1v) is 9.04. The third kappa shape index (κ3) is 5.73. The molecule has 2 aromatic rings. The Morgan fingerprint density at radius 2 is 1.92 bits per heavy atom. The maximum absolute atomic E-state index is 12.1. The molecule has 1 fully saturated rings. The Morgan fingerprint density at radius 1 is 1.16 bits per heavy atom. The molecule has 0 saturated carbocycles. The standard InChI is InChI=1S/C21H23ClN2O/c22-19-11-9-18(10-12-19)15-24-14-13-20(16-24)23-21(25)8-4-7-17-5-2-1-3-6-17/h1-7,9-12,20H,8,13-16H2,(H,23,25)/b7-4+/t20-/m0/s1. The average Bonchev–Trinajstić information content (AvgIpc) is 3.05. The molecule has 0 aliphatic carbocycles. The predicted octanol–water partition coefficient (Wildman–Crippen LogP) is 4.13. The van der Waals surface area contributed by atoms with Crippen LogP contribution >= 0.6 is 11.6 Å². The van der Waals surface area contributed by atoms with Gasteiger partial charge in [-0.15, -0.1) is 0 Å². The third-order valence-electron chi connectivity index (χ3n) is 4.37. The molecular formula is C21H23ClN2O. The van der Waals surface area contributed by atoms with E-state index in [9.17, 15) is 4.79 Å². The summed E-state index contributed by atoms with van der Waals surface area (Å²) in [7, 11) is 0. The van der Waals surface area contributed by atoms with Crippen molar-refractivity contribution in [3.63, 3.8) is 0 Å². The maximum Gasteiger partial charge on any atom is 0.224 e. The van der Waals surface area contributed by atoms with Gasteiger partial charge in [-0.2, -0.15) is 0 Å². The van der Waals surface area contributed by atoms with Gasteiger partial charge in [0.05, 0.1) is 0 Å². The molecule has 1 N–H and O–H groups in total. The van der Waals surface area contributed by atoms with E-state index >= 15 is 0 Å². The fourth-order valence-electron chi connectivity index (χ4n) is 3.09. The highest BCUT2D eigenvalue weighted by atomic mass is 35.5. The summed E-state index contributed by atoms with van der Waals surface area (Å²) in [4.78, 5) is 14.5. The number of amides is 1. The molecule has 2 aromatic carbocycles. The normalized spacial score (nSPS) is 17.9. The summed E-state index contributed by atoms with van der Waals surface area (Å²) in [6, 6.07) is 18.2. The lowest BCUT2D eigenvalue weighted by atomic mass is 10.2. The SMILES string of the molecule is O=C(C/C=C/c1ccccc1)N[C@H]1CCN(Cc2ccc(Cl)cc2)C1. The van der Waals surface area contributed by atoms with Gasteiger partial charge in [0.1, 0.15) is 0 Å². The van der Waals surface area contributed by atoms with Gasteiger partial charge in [-0.25, -0.2) is 0 Å². The number of benzene rings is 2. The Morgan fingerprint density at radius 3 is 2.68 bits per heavy atom. The lowest BCUT2D eigenvalue weighted by Gasteiger charge is -2.16. The molecule has 0 bridgehead atoms. The number of likely N-dealkylation sites (tertiary alicyclic amines) is 1. The van der Waals surface area contributed by atoms with Gasteiger partial charge in [0.25, 0.3) is 0 Å². The molecule has 3 rings (SSSR count). The fraction of sp³-hybridized carbons (Fsp3) is 0.286. The fourth-order valence-corrected chi connectivity index (χ4v) is 3.22. The van der Waals surface area contributed by atoms with E-state index in [0.29, 0.717) is 6.42 Å². The van der Waals surface area contributed by atoms with Crippen molar-refractivity contribution in [2.24, 2.45) is 0 Å². The lowest BCUT2D eigenvalue weighted by molar-refractivity contribution is -0.120. The van der Waals surface area contributed by atoms with E-state index in [-0.39, 0.29) is 11.9 Å². The highest BCUT2D eigenvalue weighted by Crippen LogP contribution is 2.16. The first kappa shape index (κ1) is 17.7. The lowest BCUT2D eigenvalue weighted by Crippen LogP contribution is -2.36. The third-order valence-corrected chi connectivity index (χ3v) is 4.62. The Hall–Kier alpha value is -2.10. The van der Waals surface area contributed by atoms with Crippen LogP contribution in [0.4, 0.5) is 0 Å². The van der Waals surface area contributed by atoms with Crippen LogP contribution < -0.4 is 5.32 Å². The Balaban J connectivity index is 1.41. The highest BCUT2D eigenvalue weighted by molar-refractivity contribution is 6.30. The van der Waals surface area contributed by atoms with Crippen molar-refractivity contribution < 1.29 is 4.79 Å². The molecule has 0 radical (unpaired) electrons. The Labute approximate surface area is 154 Å². The molecule has 1 aliphatic heterocycles. The highest BCUT2D eigenvalue weighted by Gasteiger charge is 2.23. The van der Waals surface area contributed by atoms with E-state index in [2.05, 4.69) is 22.3 Å². The van der Waals surface area contributed by atoms with Gasteiger partial charge in [-0.05, 0) is 29.7 Å². The van der Waals surface area contributed by atoms with Gasteiger partial charge in [0, 0.05) is 37.1 Å². The van der Waals surface area contributed by atoms with E-state index in [1.54, 1.807) is 0 Å². The molecular weight excluding hydrogens is 332 g/mol. The molecule has 4 heteroatoms. The molecule has 1 amide bonds. The molecule has 0 spiro atoms. The van der Waals surface area contributed by atoms with Crippen LogP contribution in [0.5, 0.6) is 0 Å². The van der Waals surface area contributed by atoms with Crippen LogP contribution in [-0.2, 0) is 11.3 Å². The molecule has 1 atom stereocenters. The first-order valence-electron chi connectivity index (χ1n) is 8.67. The molecule has 25 heavy (non-hydrogen) atoms. The number of nitrogens with zero attached hydrogens (tertiary/aromatic N) is 1. The van der Waals surface area contributed by atoms with Crippen LogP contribution in [0.1, 0.15) is 24.0 Å². The van der Waals surface area contributed by atoms with E-state index in [1.165, 1.54) is 5.56 Å². The van der Waals surface area contributed by atoms with E-state index < -0.39 is 0 Å². The second kappa shape index (κ2) is 8.84. The second-order valence-electron chi connectivity index (χ2n) is 6.43. The second-order valence-corrected chi connectivity index (χ2v) is 6.87. The smallest absolute Gasteiger partial charge is 0.224 e. The Kier molecular flexibility index (Phi) is 6.26. The number of rotatable bonds is 6. The molecule has 0 aromatic heterocycles. The van der Waals surface area contributed by atoms with Gasteiger partial charge < -0.3 is 5.32 Å². The van der Waals surface area contributed by atoms with Crippen molar-refractivity contribution in [1.29, 1.82) is 0 Å². The number of hydrogen-bond donors (Lipinski definition) is 1. The van der Waals surface area contributed by atoms with Crippen LogP contribution in [0.15, 0.2) is 60.7 Å². The first-order chi connectivity index (χ1) is 12.2. The molecule has 130 valence electrons. The molecule has 3 nitrogen and oxygen atoms in total. The number of carbonyl (C=O) groups is 1. The summed E-state index contributed by atoms with van der Waals surface area (Å²) < 4.78 is 0. The summed E-state index contributed by atoms with van der Waals surface area (Å²) in [5.74, 6) is 0.0884. The number of halogens is 1. The van der Waals surface area contributed by atoms with Crippen LogP contribution in [0, 0.1) is 0 Å². The van der Waals surface area contributed by atoms with Crippen LogP contribution in [0.3, 0.4) is 0 Å². The van der Waals surface area contributed by atoms with Crippen molar-refractivity contribution in [3.8, 4) is 0 Å². The van der Waals surface area contributed by atoms with Gasteiger partial charge >= 0.3 is 0 Å². The van der Waals surface area contributed by atoms with Crippen LogP contribution in [0.2, 0.25) is 5.02 Å². The molecule has 1 aliphatic rings. The number of carbonyl (C=O) groups excluding carboxylic acids is 1. The van der Waals surface area contributed by atoms with Gasteiger partial charge in [0.15, 0.2) is 0 Å². The van der Waals surface area contributed by atoms with Crippen LogP contribution in [-0.4, -0.2) is 29.9 Å². The van der Waals surface area contributed by atoms with Crippen molar-refractivity contribution in [2.45, 2.75) is 25.4 Å². The quantitative estimate of drug-likeness (QED) is 0.845. The van der Waals surface area contributed by atoms with Crippen molar-refractivity contribution in [3.05, 3.63) is 76.8 Å². The minimum atomic E-state index is 0.0884.